The molecule has 3 atom stereocenters. The maximum atomic E-state index is 13.3. The van der Waals surface area contributed by atoms with Crippen molar-refractivity contribution in [3.05, 3.63) is 29.7 Å². The molecule has 4 rings (SSSR count). The minimum absolute atomic E-state index is 0.00807. The van der Waals surface area contributed by atoms with Gasteiger partial charge in [0, 0.05) is 11.6 Å². The van der Waals surface area contributed by atoms with E-state index in [9.17, 15) is 31.1 Å². The third-order valence-electron chi connectivity index (χ3n) is 6.35. The maximum Gasteiger partial charge on any atom is 0.410 e. The van der Waals surface area contributed by atoms with E-state index in [0.717, 1.165) is 31.6 Å². The summed E-state index contributed by atoms with van der Waals surface area (Å²) in [5.74, 6) is 0. The summed E-state index contributed by atoms with van der Waals surface area (Å²) in [6.07, 6.45) is -5.02. The SMILES string of the molecule is CC(C)(C[C@H](N)c1cn2ncc([C@@H](COC3CC3)N3C[C@@H](C(F)(F)F)NC3=O)cc2n1)C(F)(F)F. The van der Waals surface area contributed by atoms with Gasteiger partial charge in [0.2, 0.25) is 0 Å². The van der Waals surface area contributed by atoms with Crippen LogP contribution in [0, 0.1) is 5.41 Å². The highest BCUT2D eigenvalue weighted by molar-refractivity contribution is 5.77. The second-order valence-electron chi connectivity index (χ2n) is 9.69. The van der Waals surface area contributed by atoms with Crippen molar-refractivity contribution in [1.29, 1.82) is 0 Å². The number of carbonyl (C=O) groups is 1. The summed E-state index contributed by atoms with van der Waals surface area (Å²) in [7, 11) is 0. The molecule has 14 heteroatoms. The van der Waals surface area contributed by atoms with Crippen LogP contribution in [0.1, 0.15) is 56.5 Å². The van der Waals surface area contributed by atoms with Gasteiger partial charge < -0.3 is 20.7 Å². The summed E-state index contributed by atoms with van der Waals surface area (Å²) >= 11 is 0. The predicted octanol–water partition coefficient (Wildman–Crippen LogP) is 3.88. The lowest BCUT2D eigenvalue weighted by molar-refractivity contribution is -0.215. The van der Waals surface area contributed by atoms with Crippen LogP contribution in [0.25, 0.3) is 5.65 Å². The van der Waals surface area contributed by atoms with Crippen LogP contribution in [-0.4, -0.2) is 63.2 Å². The fraction of sp³-hybridized carbons (Fsp3) is 0.667. The Hall–Kier alpha value is -2.61. The zero-order valence-corrected chi connectivity index (χ0v) is 19.0. The largest absolute Gasteiger partial charge is 0.410 e. The Morgan fingerprint density at radius 2 is 1.91 bits per heavy atom. The first kappa shape index (κ1) is 25.5. The van der Waals surface area contributed by atoms with Crippen molar-refractivity contribution in [2.45, 2.75) is 69.7 Å². The number of carbonyl (C=O) groups excluding carboxylic acids is 1. The molecule has 0 radical (unpaired) electrons. The van der Waals surface area contributed by atoms with E-state index >= 15 is 0 Å². The van der Waals surface area contributed by atoms with Crippen molar-refractivity contribution in [2.75, 3.05) is 13.2 Å². The molecule has 8 nitrogen and oxygen atoms in total. The molecule has 1 aliphatic carbocycles. The van der Waals surface area contributed by atoms with Crippen LogP contribution in [0.5, 0.6) is 0 Å². The number of urea groups is 1. The van der Waals surface area contributed by atoms with E-state index in [-0.39, 0.29) is 24.1 Å². The molecule has 1 saturated carbocycles. The van der Waals surface area contributed by atoms with E-state index in [1.807, 2.05) is 5.32 Å². The van der Waals surface area contributed by atoms with Gasteiger partial charge in [-0.05, 0) is 25.3 Å². The highest BCUT2D eigenvalue weighted by Crippen LogP contribution is 2.43. The van der Waals surface area contributed by atoms with Gasteiger partial charge in [-0.15, -0.1) is 0 Å². The number of aromatic nitrogens is 3. The first-order valence-electron chi connectivity index (χ1n) is 11.1. The lowest BCUT2D eigenvalue weighted by Gasteiger charge is -2.29. The fourth-order valence-electron chi connectivity index (χ4n) is 3.88. The number of hydrogen-bond acceptors (Lipinski definition) is 5. The molecule has 0 bridgehead atoms. The fourth-order valence-corrected chi connectivity index (χ4v) is 3.88. The molecule has 2 amide bonds. The number of fused-ring (bicyclic) bond motifs is 1. The first-order chi connectivity index (χ1) is 16.2. The number of halogens is 6. The number of amides is 2. The van der Waals surface area contributed by atoms with Crippen molar-refractivity contribution in [1.82, 2.24) is 24.8 Å². The summed E-state index contributed by atoms with van der Waals surface area (Å²) in [4.78, 5) is 17.7. The van der Waals surface area contributed by atoms with Gasteiger partial charge in [-0.3, -0.25) is 0 Å². The number of rotatable bonds is 8. The monoisotopic (exact) mass is 508 g/mol. The molecular formula is C21H26F6N6O2. The number of imidazole rings is 1. The van der Waals surface area contributed by atoms with Gasteiger partial charge in [-0.1, -0.05) is 13.8 Å². The Labute approximate surface area is 196 Å². The van der Waals surface area contributed by atoms with Gasteiger partial charge >= 0.3 is 18.4 Å². The van der Waals surface area contributed by atoms with E-state index < -0.39 is 54.9 Å². The zero-order valence-electron chi connectivity index (χ0n) is 19.0. The van der Waals surface area contributed by atoms with Crippen LogP contribution in [0.3, 0.4) is 0 Å². The Balaban J connectivity index is 1.59. The molecule has 0 spiro atoms. The highest BCUT2D eigenvalue weighted by atomic mass is 19.4. The molecule has 2 fully saturated rings. The smallest absolute Gasteiger partial charge is 0.376 e. The van der Waals surface area contributed by atoms with Crippen molar-refractivity contribution >= 4 is 11.7 Å². The van der Waals surface area contributed by atoms with Crippen LogP contribution < -0.4 is 11.1 Å². The summed E-state index contributed by atoms with van der Waals surface area (Å²) in [6, 6.07) is -3.26. The molecule has 35 heavy (non-hydrogen) atoms. The van der Waals surface area contributed by atoms with E-state index in [4.69, 9.17) is 10.5 Å². The van der Waals surface area contributed by atoms with Crippen molar-refractivity contribution in [3.63, 3.8) is 0 Å². The lowest BCUT2D eigenvalue weighted by Crippen LogP contribution is -2.40. The first-order valence-corrected chi connectivity index (χ1v) is 11.1. The molecule has 194 valence electrons. The lowest BCUT2D eigenvalue weighted by atomic mass is 9.84. The molecule has 2 aromatic rings. The summed E-state index contributed by atoms with van der Waals surface area (Å²) in [5.41, 5.74) is 4.78. The molecule has 1 aliphatic heterocycles. The standard InChI is InChI=1S/C21H26F6N6O2/c1-19(2,21(25,26)27)6-13(28)14-8-33-17(30-14)5-11(7-29-33)15(10-35-12-3-4-12)32-9-16(20(22,23)24)31-18(32)34/h5,7-8,12-13,15-16H,3-4,6,9-10,28H2,1-2H3,(H,31,34)/t13-,15+,16-/m0/s1. The summed E-state index contributed by atoms with van der Waals surface area (Å²) in [6.45, 7) is 1.48. The zero-order chi connectivity index (χ0) is 25.8. The highest BCUT2D eigenvalue weighted by Gasteiger charge is 2.49. The van der Waals surface area contributed by atoms with Gasteiger partial charge in [-0.25, -0.2) is 14.3 Å². The molecule has 0 aromatic carbocycles. The number of ether oxygens (including phenoxy) is 1. The molecule has 0 unspecified atom stereocenters. The van der Waals surface area contributed by atoms with Crippen LogP contribution in [-0.2, 0) is 4.74 Å². The van der Waals surface area contributed by atoms with Gasteiger partial charge in [0.1, 0.15) is 6.04 Å². The van der Waals surface area contributed by atoms with Crippen LogP contribution in [0.4, 0.5) is 31.1 Å². The molecule has 2 aromatic heterocycles. The number of nitrogens with zero attached hydrogens (tertiary/aromatic N) is 4. The maximum absolute atomic E-state index is 13.3. The third kappa shape index (κ3) is 5.47. The average molecular weight is 508 g/mol. The quantitative estimate of drug-likeness (QED) is 0.528. The number of nitrogens with one attached hydrogen (secondary N) is 1. The van der Waals surface area contributed by atoms with Gasteiger partial charge in [0.15, 0.2) is 5.65 Å². The van der Waals surface area contributed by atoms with Crippen LogP contribution >= 0.6 is 0 Å². The van der Waals surface area contributed by atoms with E-state index in [1.165, 1.54) is 23.0 Å². The van der Waals surface area contributed by atoms with Crippen LogP contribution in [0.2, 0.25) is 0 Å². The van der Waals surface area contributed by atoms with Gasteiger partial charge in [0.05, 0.1) is 48.8 Å². The van der Waals surface area contributed by atoms with E-state index in [0.29, 0.717) is 5.56 Å². The van der Waals surface area contributed by atoms with Crippen molar-refractivity contribution in [2.24, 2.45) is 11.1 Å². The number of alkyl halides is 6. The van der Waals surface area contributed by atoms with Crippen LogP contribution in [0.15, 0.2) is 18.5 Å². The molecular weight excluding hydrogens is 482 g/mol. The minimum Gasteiger partial charge on any atom is -0.376 e. The number of hydrogen-bond donors (Lipinski definition) is 2. The average Bonchev–Trinajstić information content (AvgIpc) is 3.32. The topological polar surface area (TPSA) is 97.8 Å². The second kappa shape index (κ2) is 8.80. The molecule has 3 heterocycles. The third-order valence-corrected chi connectivity index (χ3v) is 6.35. The predicted molar refractivity (Wildman–Crippen MR) is 111 cm³/mol. The van der Waals surface area contributed by atoms with Gasteiger partial charge in [0.25, 0.3) is 0 Å². The Bertz CT molecular complexity index is 1080. The van der Waals surface area contributed by atoms with E-state index in [1.54, 1.807) is 0 Å². The second-order valence-corrected chi connectivity index (χ2v) is 9.69. The molecule has 2 aliphatic rings. The minimum atomic E-state index is -4.60. The van der Waals surface area contributed by atoms with Crippen molar-refractivity contribution in [3.8, 4) is 0 Å². The number of nitrogens with two attached hydrogens (primary N) is 1. The van der Waals surface area contributed by atoms with Gasteiger partial charge in [-0.2, -0.15) is 31.4 Å². The Morgan fingerprint density at radius 3 is 2.49 bits per heavy atom. The molecule has 1 saturated heterocycles. The Morgan fingerprint density at radius 1 is 1.23 bits per heavy atom. The Kier molecular flexibility index (Phi) is 6.41. The summed E-state index contributed by atoms with van der Waals surface area (Å²) < 4.78 is 86.4. The summed E-state index contributed by atoms with van der Waals surface area (Å²) in [5, 5.41) is 6.14. The van der Waals surface area contributed by atoms with E-state index in [2.05, 4.69) is 10.1 Å². The van der Waals surface area contributed by atoms with Crippen molar-refractivity contribution < 1.29 is 35.9 Å². The normalized spacial score (nSPS) is 21.5. The molecule has 3 N–H and O–H groups in total.